The molecule has 6 heteroatoms. The first kappa shape index (κ1) is 20.0. The molecule has 2 spiro atoms. The Morgan fingerprint density at radius 1 is 1.13 bits per heavy atom. The van der Waals surface area contributed by atoms with Gasteiger partial charge in [-0.05, 0) is 38.0 Å². The molecule has 6 rings (SSSR count). The van der Waals surface area contributed by atoms with E-state index in [1.54, 1.807) is 4.90 Å². The Morgan fingerprint density at radius 2 is 1.90 bits per heavy atom. The van der Waals surface area contributed by atoms with Crippen molar-refractivity contribution in [3.8, 4) is 0 Å². The lowest BCUT2D eigenvalue weighted by atomic mass is 9.44. The van der Waals surface area contributed by atoms with E-state index in [0.29, 0.717) is 19.3 Å². The van der Waals surface area contributed by atoms with E-state index in [0.717, 1.165) is 37.7 Å². The first-order valence-corrected chi connectivity index (χ1v) is 11.9. The summed E-state index contributed by atoms with van der Waals surface area (Å²) in [6.45, 7) is 4.57. The summed E-state index contributed by atoms with van der Waals surface area (Å²) in [7, 11) is 3.63. The highest BCUT2D eigenvalue weighted by Gasteiger charge is 2.83. The zero-order valence-electron chi connectivity index (χ0n) is 19.0. The second kappa shape index (κ2) is 5.81. The predicted molar refractivity (Wildman–Crippen MR) is 112 cm³/mol. The molecule has 0 aromatic carbocycles. The van der Waals surface area contributed by atoms with Gasteiger partial charge in [0.05, 0.1) is 12.0 Å². The SMILES string of the molecule is CN(C)C(=O)[C@@H]1C=C2CC(=O)CC[C@]2(C)[C@@]23O[C@@H]2C[C@@]2(C)C(CC[C@@]24CCC(=O)O4)C13. The third kappa shape index (κ3) is 2.16. The molecular weight excluding hydrogens is 394 g/mol. The number of ether oxygens (including phenoxy) is 2. The maximum Gasteiger partial charge on any atom is 0.306 e. The van der Waals surface area contributed by atoms with Crippen LogP contribution in [0.4, 0.5) is 0 Å². The molecule has 2 aliphatic heterocycles. The fourth-order valence-corrected chi connectivity index (χ4v) is 8.77. The van der Waals surface area contributed by atoms with Crippen LogP contribution in [0, 0.1) is 28.6 Å². The normalized spacial score (nSPS) is 51.9. The summed E-state index contributed by atoms with van der Waals surface area (Å²) < 4.78 is 12.8. The van der Waals surface area contributed by atoms with Gasteiger partial charge in [-0.1, -0.05) is 25.5 Å². The summed E-state index contributed by atoms with van der Waals surface area (Å²) in [5, 5.41) is 0. The van der Waals surface area contributed by atoms with E-state index in [1.807, 2.05) is 14.1 Å². The van der Waals surface area contributed by atoms with Crippen LogP contribution in [0.15, 0.2) is 11.6 Å². The second-order valence-electron chi connectivity index (χ2n) is 11.7. The van der Waals surface area contributed by atoms with Crippen LogP contribution in [0.1, 0.15) is 65.2 Å². The van der Waals surface area contributed by atoms with Crippen LogP contribution in [-0.2, 0) is 23.9 Å². The standard InChI is InChI=1S/C25H33NO5/c1-22-8-5-15(27)11-14(22)12-16(21(29)26(3)4)20-17-6-9-24(10-7-19(28)31-24)23(17,2)13-18-25(20,22)30-18/h12,16-18,20H,5-11,13H2,1-4H3/t16-,17?,18-,20?,22+,23+,24-,25-/m1/s1. The molecule has 6 nitrogen and oxygen atoms in total. The molecule has 1 amide bonds. The number of nitrogens with zero attached hydrogens (tertiary/aromatic N) is 1. The van der Waals surface area contributed by atoms with Gasteiger partial charge < -0.3 is 14.4 Å². The first-order valence-electron chi connectivity index (χ1n) is 11.9. The highest BCUT2D eigenvalue weighted by Crippen LogP contribution is 2.77. The molecule has 168 valence electrons. The predicted octanol–water partition coefficient (Wildman–Crippen LogP) is 3.04. The number of Topliss-reactive ketones (excluding diaryl/α,β-unsaturated/α-hetero) is 1. The number of ketones is 1. The zero-order chi connectivity index (χ0) is 22.0. The summed E-state index contributed by atoms with van der Waals surface area (Å²) in [4.78, 5) is 39.7. The number of fused-ring (bicyclic) bond motifs is 4. The molecule has 4 aliphatic carbocycles. The summed E-state index contributed by atoms with van der Waals surface area (Å²) in [5.74, 6) is 0.320. The van der Waals surface area contributed by atoms with E-state index in [4.69, 9.17) is 9.47 Å². The van der Waals surface area contributed by atoms with Crippen LogP contribution < -0.4 is 0 Å². The molecule has 2 heterocycles. The molecule has 0 bridgehead atoms. The Labute approximate surface area is 183 Å². The van der Waals surface area contributed by atoms with Crippen molar-refractivity contribution in [2.24, 2.45) is 28.6 Å². The Balaban J connectivity index is 1.50. The van der Waals surface area contributed by atoms with Crippen molar-refractivity contribution in [2.75, 3.05) is 14.1 Å². The monoisotopic (exact) mass is 427 g/mol. The number of amides is 1. The maximum atomic E-state index is 13.5. The number of epoxide rings is 1. The van der Waals surface area contributed by atoms with E-state index in [2.05, 4.69) is 19.9 Å². The molecule has 0 radical (unpaired) electrons. The lowest BCUT2D eigenvalue weighted by molar-refractivity contribution is -0.167. The van der Waals surface area contributed by atoms with Crippen molar-refractivity contribution in [3.63, 3.8) is 0 Å². The van der Waals surface area contributed by atoms with E-state index in [1.165, 1.54) is 0 Å². The molecule has 31 heavy (non-hydrogen) atoms. The van der Waals surface area contributed by atoms with E-state index < -0.39 is 5.60 Å². The molecule has 0 aromatic heterocycles. The van der Waals surface area contributed by atoms with Crippen molar-refractivity contribution < 1.29 is 23.9 Å². The average molecular weight is 428 g/mol. The quantitative estimate of drug-likeness (QED) is 0.365. The number of esters is 1. The molecule has 2 saturated heterocycles. The number of hydrogen-bond donors (Lipinski definition) is 0. The van der Waals surface area contributed by atoms with Gasteiger partial charge in [0.25, 0.3) is 0 Å². The van der Waals surface area contributed by atoms with Gasteiger partial charge in [0.2, 0.25) is 5.91 Å². The average Bonchev–Trinajstić information content (AvgIpc) is 3.20. The summed E-state index contributed by atoms with van der Waals surface area (Å²) in [6.07, 6.45) is 8.04. The third-order valence-electron chi connectivity index (χ3n) is 10.4. The molecule has 0 aromatic rings. The van der Waals surface area contributed by atoms with E-state index in [9.17, 15) is 14.4 Å². The fourth-order valence-electron chi connectivity index (χ4n) is 8.77. The van der Waals surface area contributed by atoms with Crippen LogP contribution >= 0.6 is 0 Å². The number of carbonyl (C=O) groups is 3. The summed E-state index contributed by atoms with van der Waals surface area (Å²) in [6, 6.07) is 0. The first-order chi connectivity index (χ1) is 14.6. The van der Waals surface area contributed by atoms with Gasteiger partial charge in [-0.3, -0.25) is 14.4 Å². The zero-order valence-corrected chi connectivity index (χ0v) is 19.0. The van der Waals surface area contributed by atoms with Crippen molar-refractivity contribution >= 4 is 17.7 Å². The topological polar surface area (TPSA) is 76.2 Å². The fraction of sp³-hybridized carbons (Fsp3) is 0.800. The van der Waals surface area contributed by atoms with E-state index >= 15 is 0 Å². The van der Waals surface area contributed by atoms with Gasteiger partial charge in [-0.25, -0.2) is 0 Å². The Bertz CT molecular complexity index is 940. The smallest absolute Gasteiger partial charge is 0.306 e. The van der Waals surface area contributed by atoms with Gasteiger partial charge >= 0.3 is 5.97 Å². The van der Waals surface area contributed by atoms with Crippen molar-refractivity contribution in [1.29, 1.82) is 0 Å². The molecule has 5 fully saturated rings. The number of hydrogen-bond acceptors (Lipinski definition) is 5. The summed E-state index contributed by atoms with van der Waals surface area (Å²) >= 11 is 0. The minimum atomic E-state index is -0.411. The highest BCUT2D eigenvalue weighted by molar-refractivity contribution is 5.86. The third-order valence-corrected chi connectivity index (χ3v) is 10.4. The van der Waals surface area contributed by atoms with Gasteiger partial charge in [-0.15, -0.1) is 0 Å². The Morgan fingerprint density at radius 3 is 2.58 bits per heavy atom. The van der Waals surface area contributed by atoms with Crippen LogP contribution in [0.2, 0.25) is 0 Å². The molecule has 0 N–H and O–H groups in total. The minimum absolute atomic E-state index is 0.0618. The second-order valence-corrected chi connectivity index (χ2v) is 11.7. The van der Waals surface area contributed by atoms with Crippen LogP contribution in [-0.4, -0.2) is 54.0 Å². The van der Waals surface area contributed by atoms with Crippen molar-refractivity contribution in [2.45, 2.75) is 82.5 Å². The lowest BCUT2D eigenvalue weighted by Crippen LogP contribution is -2.63. The molecule has 3 saturated carbocycles. The van der Waals surface area contributed by atoms with Crippen LogP contribution in [0.25, 0.3) is 0 Å². The van der Waals surface area contributed by atoms with Gasteiger partial charge in [0.15, 0.2) is 0 Å². The maximum absolute atomic E-state index is 13.5. The highest BCUT2D eigenvalue weighted by atomic mass is 16.6. The van der Waals surface area contributed by atoms with Crippen molar-refractivity contribution in [3.05, 3.63) is 11.6 Å². The largest absolute Gasteiger partial charge is 0.458 e. The molecule has 6 aliphatic rings. The Kier molecular flexibility index (Phi) is 3.74. The van der Waals surface area contributed by atoms with Crippen LogP contribution in [0.5, 0.6) is 0 Å². The van der Waals surface area contributed by atoms with Crippen LogP contribution in [0.3, 0.4) is 0 Å². The Hall–Kier alpha value is -1.69. The van der Waals surface area contributed by atoms with E-state index in [-0.39, 0.29) is 57.9 Å². The lowest BCUT2D eigenvalue weighted by Gasteiger charge is -2.58. The molecule has 2 unspecified atom stereocenters. The number of rotatable bonds is 1. The van der Waals surface area contributed by atoms with Gasteiger partial charge in [0, 0.05) is 50.1 Å². The van der Waals surface area contributed by atoms with Crippen molar-refractivity contribution in [1.82, 2.24) is 4.90 Å². The van der Waals surface area contributed by atoms with Gasteiger partial charge in [-0.2, -0.15) is 0 Å². The summed E-state index contributed by atoms with van der Waals surface area (Å²) in [5.41, 5.74) is -0.0291. The number of carbonyl (C=O) groups excluding carboxylic acids is 3. The molecule has 8 atom stereocenters. The minimum Gasteiger partial charge on any atom is -0.458 e. The molecular formula is C25H33NO5. The van der Waals surface area contributed by atoms with Gasteiger partial charge in [0.1, 0.15) is 17.0 Å².